The van der Waals surface area contributed by atoms with Crippen LogP contribution >= 0.6 is 0 Å². The summed E-state index contributed by atoms with van der Waals surface area (Å²) in [4.78, 5) is 0.235. The fourth-order valence-electron chi connectivity index (χ4n) is 3.60. The molecule has 27 heavy (non-hydrogen) atoms. The molecule has 1 saturated heterocycles. The van der Waals surface area contributed by atoms with Crippen LogP contribution in [0.15, 0.2) is 47.4 Å². The van der Waals surface area contributed by atoms with Crippen LogP contribution in [-0.4, -0.2) is 33.5 Å². The third-order valence-corrected chi connectivity index (χ3v) is 7.03. The minimum Gasteiger partial charge on any atom is -0.493 e. The molecule has 0 aromatic heterocycles. The van der Waals surface area contributed by atoms with Crippen molar-refractivity contribution in [1.29, 1.82) is 0 Å². The standard InChI is InChI=1S/C21H27NO4S/c1-16-8-10-17(11-9-16)19-7-5-4-6-14-22(19)27(23,24)18-12-13-20(25-2)21(15-18)26-3/h8-13,15,19H,4-7,14H2,1-3H3/t19-/m0/s1. The highest BCUT2D eigenvalue weighted by atomic mass is 32.2. The predicted molar refractivity (Wildman–Crippen MR) is 106 cm³/mol. The Hall–Kier alpha value is -2.05. The number of methoxy groups -OCH3 is 2. The van der Waals surface area contributed by atoms with Crippen LogP contribution in [0.2, 0.25) is 0 Å². The van der Waals surface area contributed by atoms with Gasteiger partial charge in [0.15, 0.2) is 11.5 Å². The third-order valence-electron chi connectivity index (χ3n) is 5.13. The number of ether oxygens (including phenoxy) is 2. The van der Waals surface area contributed by atoms with Gasteiger partial charge in [-0.3, -0.25) is 0 Å². The van der Waals surface area contributed by atoms with Gasteiger partial charge < -0.3 is 9.47 Å². The van der Waals surface area contributed by atoms with E-state index in [9.17, 15) is 8.42 Å². The van der Waals surface area contributed by atoms with Crippen molar-refractivity contribution in [3.05, 3.63) is 53.6 Å². The maximum Gasteiger partial charge on any atom is 0.243 e. The zero-order chi connectivity index (χ0) is 19.4. The van der Waals surface area contributed by atoms with Crippen LogP contribution in [0.3, 0.4) is 0 Å². The summed E-state index contributed by atoms with van der Waals surface area (Å²) in [5, 5.41) is 0. The highest BCUT2D eigenvalue weighted by Gasteiger charge is 2.33. The van der Waals surface area contributed by atoms with Gasteiger partial charge in [-0.15, -0.1) is 0 Å². The summed E-state index contributed by atoms with van der Waals surface area (Å²) in [5.41, 5.74) is 2.22. The molecule has 0 N–H and O–H groups in total. The number of hydrogen-bond donors (Lipinski definition) is 0. The number of sulfonamides is 1. The van der Waals surface area contributed by atoms with E-state index in [0.717, 1.165) is 31.2 Å². The van der Waals surface area contributed by atoms with E-state index < -0.39 is 10.0 Å². The van der Waals surface area contributed by atoms with E-state index in [1.807, 2.05) is 31.2 Å². The molecule has 0 radical (unpaired) electrons. The molecule has 1 fully saturated rings. The van der Waals surface area contributed by atoms with E-state index in [-0.39, 0.29) is 10.9 Å². The van der Waals surface area contributed by atoms with Crippen LogP contribution in [0.25, 0.3) is 0 Å². The van der Waals surface area contributed by atoms with Crippen molar-refractivity contribution in [2.24, 2.45) is 0 Å². The molecule has 0 unspecified atom stereocenters. The van der Waals surface area contributed by atoms with Crippen LogP contribution in [0, 0.1) is 6.92 Å². The molecule has 1 aliphatic heterocycles. The summed E-state index contributed by atoms with van der Waals surface area (Å²) in [7, 11) is -0.607. The number of benzene rings is 2. The van der Waals surface area contributed by atoms with Gasteiger partial charge >= 0.3 is 0 Å². The molecular formula is C21H27NO4S. The normalized spacial score (nSPS) is 18.7. The fraction of sp³-hybridized carbons (Fsp3) is 0.429. The second-order valence-corrected chi connectivity index (χ2v) is 8.80. The van der Waals surface area contributed by atoms with Crippen LogP contribution in [0.4, 0.5) is 0 Å². The van der Waals surface area contributed by atoms with E-state index in [1.165, 1.54) is 19.8 Å². The zero-order valence-corrected chi connectivity index (χ0v) is 17.0. The maximum absolute atomic E-state index is 13.5. The smallest absolute Gasteiger partial charge is 0.243 e. The highest BCUT2D eigenvalue weighted by molar-refractivity contribution is 7.89. The Balaban J connectivity index is 2.02. The first-order valence-electron chi connectivity index (χ1n) is 9.28. The lowest BCUT2D eigenvalue weighted by Crippen LogP contribution is -2.34. The van der Waals surface area contributed by atoms with E-state index in [0.29, 0.717) is 18.0 Å². The molecule has 0 saturated carbocycles. The Bertz CT molecular complexity index is 878. The first kappa shape index (κ1) is 19.7. The molecule has 1 heterocycles. The van der Waals surface area contributed by atoms with Gasteiger partial charge in [-0.05, 0) is 37.5 Å². The second-order valence-electron chi connectivity index (χ2n) is 6.91. The van der Waals surface area contributed by atoms with Crippen LogP contribution in [0.1, 0.15) is 42.9 Å². The average Bonchev–Trinajstić information content (AvgIpc) is 2.94. The summed E-state index contributed by atoms with van der Waals surface area (Å²) in [6.07, 6.45) is 3.77. The summed E-state index contributed by atoms with van der Waals surface area (Å²) < 4.78 is 39.2. The SMILES string of the molecule is COc1ccc(S(=O)(=O)N2CCCCC[C@H]2c2ccc(C)cc2)cc1OC. The van der Waals surface area contributed by atoms with Crippen LogP contribution < -0.4 is 9.47 Å². The van der Waals surface area contributed by atoms with Crippen LogP contribution in [0.5, 0.6) is 11.5 Å². The monoisotopic (exact) mass is 389 g/mol. The summed E-state index contributed by atoms with van der Waals surface area (Å²) >= 11 is 0. The van der Waals surface area contributed by atoms with Gasteiger partial charge in [0.1, 0.15) is 0 Å². The average molecular weight is 390 g/mol. The van der Waals surface area contributed by atoms with Crippen molar-refractivity contribution in [1.82, 2.24) is 4.31 Å². The van der Waals surface area contributed by atoms with Gasteiger partial charge in [0, 0.05) is 12.6 Å². The van der Waals surface area contributed by atoms with Gasteiger partial charge in [0.05, 0.1) is 25.2 Å². The molecule has 3 rings (SSSR count). The molecule has 0 spiro atoms. The van der Waals surface area contributed by atoms with Crippen molar-refractivity contribution < 1.29 is 17.9 Å². The van der Waals surface area contributed by atoms with Crippen molar-refractivity contribution >= 4 is 10.0 Å². The van der Waals surface area contributed by atoms with Crippen molar-refractivity contribution in [3.8, 4) is 11.5 Å². The van der Waals surface area contributed by atoms with E-state index in [1.54, 1.807) is 22.5 Å². The summed E-state index contributed by atoms with van der Waals surface area (Å²) in [5.74, 6) is 0.933. The molecule has 0 aliphatic carbocycles. The highest BCUT2D eigenvalue weighted by Crippen LogP contribution is 2.37. The van der Waals surface area contributed by atoms with Gasteiger partial charge in [0.25, 0.3) is 0 Å². The lowest BCUT2D eigenvalue weighted by atomic mass is 10.0. The van der Waals surface area contributed by atoms with Gasteiger partial charge in [-0.25, -0.2) is 8.42 Å². The molecule has 0 bridgehead atoms. The fourth-order valence-corrected chi connectivity index (χ4v) is 5.30. The lowest BCUT2D eigenvalue weighted by molar-refractivity contribution is 0.328. The van der Waals surface area contributed by atoms with Gasteiger partial charge in [-0.2, -0.15) is 4.31 Å². The lowest BCUT2D eigenvalue weighted by Gasteiger charge is -2.30. The summed E-state index contributed by atoms with van der Waals surface area (Å²) in [6.45, 7) is 2.56. The number of hydrogen-bond acceptors (Lipinski definition) is 4. The molecule has 1 atom stereocenters. The number of rotatable bonds is 5. The molecule has 5 nitrogen and oxygen atoms in total. The largest absolute Gasteiger partial charge is 0.493 e. The van der Waals surface area contributed by atoms with Crippen molar-refractivity contribution in [2.45, 2.75) is 43.5 Å². The minimum atomic E-state index is -3.65. The topological polar surface area (TPSA) is 55.8 Å². The van der Waals surface area contributed by atoms with E-state index >= 15 is 0 Å². The molecule has 2 aromatic carbocycles. The van der Waals surface area contributed by atoms with Gasteiger partial charge in [-0.1, -0.05) is 42.7 Å². The Labute approximate surface area is 162 Å². The number of nitrogens with zero attached hydrogens (tertiary/aromatic N) is 1. The molecule has 146 valence electrons. The zero-order valence-electron chi connectivity index (χ0n) is 16.1. The van der Waals surface area contributed by atoms with E-state index in [2.05, 4.69) is 0 Å². The minimum absolute atomic E-state index is 0.147. The Morgan fingerprint density at radius 3 is 2.30 bits per heavy atom. The first-order chi connectivity index (χ1) is 13.0. The predicted octanol–water partition coefficient (Wildman–Crippen LogP) is 4.32. The Morgan fingerprint density at radius 1 is 0.926 bits per heavy atom. The van der Waals surface area contributed by atoms with Crippen molar-refractivity contribution in [2.75, 3.05) is 20.8 Å². The number of aryl methyl sites for hydroxylation is 1. The Kier molecular flexibility index (Phi) is 6.07. The van der Waals surface area contributed by atoms with Gasteiger partial charge in [0.2, 0.25) is 10.0 Å². The van der Waals surface area contributed by atoms with Crippen LogP contribution in [-0.2, 0) is 10.0 Å². The molecular weight excluding hydrogens is 362 g/mol. The maximum atomic E-state index is 13.5. The molecule has 6 heteroatoms. The molecule has 1 aliphatic rings. The Morgan fingerprint density at radius 2 is 1.63 bits per heavy atom. The third kappa shape index (κ3) is 4.12. The second kappa shape index (κ2) is 8.31. The summed E-state index contributed by atoms with van der Waals surface area (Å²) in [6, 6.07) is 12.8. The quantitative estimate of drug-likeness (QED) is 0.764. The van der Waals surface area contributed by atoms with E-state index in [4.69, 9.17) is 9.47 Å². The first-order valence-corrected chi connectivity index (χ1v) is 10.7. The molecule has 2 aromatic rings. The molecule has 0 amide bonds. The van der Waals surface area contributed by atoms with Crippen molar-refractivity contribution in [3.63, 3.8) is 0 Å².